The van der Waals surface area contributed by atoms with E-state index >= 15 is 0 Å². The molecule has 2 N–H and O–H groups in total. The van der Waals surface area contributed by atoms with Crippen LogP contribution in [0, 0.1) is 0 Å². The van der Waals surface area contributed by atoms with Gasteiger partial charge in [-0.1, -0.05) is 12.1 Å². The molecule has 0 spiro atoms. The van der Waals surface area contributed by atoms with Crippen molar-refractivity contribution in [3.63, 3.8) is 0 Å². The Bertz CT molecular complexity index is 338. The van der Waals surface area contributed by atoms with Crippen LogP contribution in [0.3, 0.4) is 0 Å². The van der Waals surface area contributed by atoms with Gasteiger partial charge in [0.1, 0.15) is 0 Å². The first kappa shape index (κ1) is 12.8. The van der Waals surface area contributed by atoms with E-state index < -0.39 is 11.7 Å². The average Bonchev–Trinajstić information content (AvgIpc) is 2.17. The van der Waals surface area contributed by atoms with Crippen molar-refractivity contribution in [2.24, 2.45) is 0 Å². The Morgan fingerprint density at radius 1 is 1.31 bits per heavy atom. The molecule has 0 saturated heterocycles. The van der Waals surface area contributed by atoms with Gasteiger partial charge in [0, 0.05) is 18.3 Å². The number of aliphatic hydroxyl groups excluding tert-OH is 1. The second-order valence-electron chi connectivity index (χ2n) is 3.60. The summed E-state index contributed by atoms with van der Waals surface area (Å²) in [4.78, 5) is 0. The maximum Gasteiger partial charge on any atom is 0.418 e. The Kier molecular flexibility index (Phi) is 4.18. The first-order valence-electron chi connectivity index (χ1n) is 4.98. The SMILES string of the molecule is CC(CCO)Nc1ccccc1C(F)(F)F. The summed E-state index contributed by atoms with van der Waals surface area (Å²) in [7, 11) is 0. The lowest BCUT2D eigenvalue weighted by atomic mass is 10.1. The summed E-state index contributed by atoms with van der Waals surface area (Å²) in [6, 6.07) is 5.12. The average molecular weight is 233 g/mol. The van der Waals surface area contributed by atoms with E-state index in [1.165, 1.54) is 12.1 Å². The lowest BCUT2D eigenvalue weighted by molar-refractivity contribution is -0.137. The quantitative estimate of drug-likeness (QED) is 0.838. The fourth-order valence-electron chi connectivity index (χ4n) is 1.39. The largest absolute Gasteiger partial charge is 0.418 e. The summed E-state index contributed by atoms with van der Waals surface area (Å²) >= 11 is 0. The minimum absolute atomic E-state index is 0.0518. The van der Waals surface area contributed by atoms with Crippen molar-refractivity contribution in [2.75, 3.05) is 11.9 Å². The van der Waals surface area contributed by atoms with E-state index in [4.69, 9.17) is 5.11 Å². The first-order valence-corrected chi connectivity index (χ1v) is 4.98. The number of aliphatic hydroxyl groups is 1. The van der Waals surface area contributed by atoms with Crippen LogP contribution in [-0.4, -0.2) is 17.8 Å². The van der Waals surface area contributed by atoms with Crippen LogP contribution < -0.4 is 5.32 Å². The molecule has 2 nitrogen and oxygen atoms in total. The van der Waals surface area contributed by atoms with Crippen molar-refractivity contribution in [1.82, 2.24) is 0 Å². The molecule has 0 amide bonds. The third-order valence-corrected chi connectivity index (χ3v) is 2.20. The van der Waals surface area contributed by atoms with Crippen LogP contribution in [0.5, 0.6) is 0 Å². The number of anilines is 1. The molecule has 0 fully saturated rings. The molecular weight excluding hydrogens is 219 g/mol. The van der Waals surface area contributed by atoms with E-state index in [0.29, 0.717) is 6.42 Å². The van der Waals surface area contributed by atoms with Crippen LogP contribution in [0.4, 0.5) is 18.9 Å². The second-order valence-corrected chi connectivity index (χ2v) is 3.60. The van der Waals surface area contributed by atoms with Gasteiger partial charge in [-0.25, -0.2) is 0 Å². The highest BCUT2D eigenvalue weighted by atomic mass is 19.4. The smallest absolute Gasteiger partial charge is 0.396 e. The molecule has 0 aromatic heterocycles. The standard InChI is InChI=1S/C11H14F3NO/c1-8(6-7-16)15-10-5-3-2-4-9(10)11(12,13)14/h2-5,8,15-16H,6-7H2,1H3. The molecule has 1 unspecified atom stereocenters. The Labute approximate surface area is 92.1 Å². The summed E-state index contributed by atoms with van der Waals surface area (Å²) in [5.74, 6) is 0. The van der Waals surface area contributed by atoms with Crippen molar-refractivity contribution in [1.29, 1.82) is 0 Å². The van der Waals surface area contributed by atoms with Crippen LogP contribution in [-0.2, 0) is 6.18 Å². The predicted molar refractivity (Wildman–Crippen MR) is 56.2 cm³/mol. The first-order chi connectivity index (χ1) is 7.45. The topological polar surface area (TPSA) is 32.3 Å². The highest BCUT2D eigenvalue weighted by molar-refractivity contribution is 5.53. The highest BCUT2D eigenvalue weighted by Crippen LogP contribution is 2.34. The maximum absolute atomic E-state index is 12.6. The maximum atomic E-state index is 12.6. The number of hydrogen-bond donors (Lipinski definition) is 2. The highest BCUT2D eigenvalue weighted by Gasteiger charge is 2.33. The summed E-state index contributed by atoms with van der Waals surface area (Å²) in [6.45, 7) is 1.67. The number of hydrogen-bond acceptors (Lipinski definition) is 2. The van der Waals surface area contributed by atoms with Crippen molar-refractivity contribution in [3.8, 4) is 0 Å². The fourth-order valence-corrected chi connectivity index (χ4v) is 1.39. The van der Waals surface area contributed by atoms with Gasteiger partial charge in [0.05, 0.1) is 5.56 Å². The van der Waals surface area contributed by atoms with Crippen molar-refractivity contribution < 1.29 is 18.3 Å². The van der Waals surface area contributed by atoms with E-state index in [1.54, 1.807) is 13.0 Å². The Balaban J connectivity index is 2.87. The van der Waals surface area contributed by atoms with Crippen molar-refractivity contribution in [3.05, 3.63) is 29.8 Å². The summed E-state index contributed by atoms with van der Waals surface area (Å²) < 4.78 is 37.8. The number of alkyl halides is 3. The normalized spacial score (nSPS) is 13.6. The Morgan fingerprint density at radius 2 is 1.94 bits per heavy atom. The molecule has 1 aromatic rings. The number of para-hydroxylation sites is 1. The molecule has 0 heterocycles. The summed E-state index contributed by atoms with van der Waals surface area (Å²) in [5.41, 5.74) is -0.629. The molecule has 1 rings (SSSR count). The zero-order valence-corrected chi connectivity index (χ0v) is 8.88. The van der Waals surface area contributed by atoms with Gasteiger partial charge in [-0.15, -0.1) is 0 Å². The second kappa shape index (κ2) is 5.21. The van der Waals surface area contributed by atoms with Crippen LogP contribution in [0.15, 0.2) is 24.3 Å². The molecule has 0 saturated carbocycles. The van der Waals surface area contributed by atoms with Gasteiger partial charge in [-0.05, 0) is 25.5 Å². The van der Waals surface area contributed by atoms with Crippen LogP contribution in [0.25, 0.3) is 0 Å². The molecule has 16 heavy (non-hydrogen) atoms. The molecule has 90 valence electrons. The molecule has 5 heteroatoms. The van der Waals surface area contributed by atoms with Gasteiger partial charge in [0.15, 0.2) is 0 Å². The molecule has 0 aliphatic carbocycles. The van der Waals surface area contributed by atoms with Crippen LogP contribution in [0.2, 0.25) is 0 Å². The van der Waals surface area contributed by atoms with Gasteiger partial charge < -0.3 is 10.4 Å². The van der Waals surface area contributed by atoms with Crippen molar-refractivity contribution >= 4 is 5.69 Å². The summed E-state index contributed by atoms with van der Waals surface area (Å²) in [5, 5.41) is 11.4. The molecule has 0 aliphatic heterocycles. The molecule has 1 atom stereocenters. The van der Waals surface area contributed by atoms with Crippen LogP contribution >= 0.6 is 0 Å². The van der Waals surface area contributed by atoms with Crippen LogP contribution in [0.1, 0.15) is 18.9 Å². The number of halogens is 3. The number of nitrogens with one attached hydrogen (secondary N) is 1. The Hall–Kier alpha value is -1.23. The fraction of sp³-hybridized carbons (Fsp3) is 0.455. The molecular formula is C11H14F3NO. The minimum atomic E-state index is -4.36. The van der Waals surface area contributed by atoms with E-state index in [9.17, 15) is 13.2 Å². The summed E-state index contributed by atoms with van der Waals surface area (Å²) in [6.07, 6.45) is -3.95. The lowest BCUT2D eigenvalue weighted by Gasteiger charge is -2.18. The van der Waals surface area contributed by atoms with E-state index in [-0.39, 0.29) is 18.3 Å². The van der Waals surface area contributed by atoms with E-state index in [0.717, 1.165) is 6.07 Å². The molecule has 0 radical (unpaired) electrons. The van der Waals surface area contributed by atoms with Gasteiger partial charge >= 0.3 is 6.18 Å². The molecule has 0 aliphatic rings. The molecule has 1 aromatic carbocycles. The van der Waals surface area contributed by atoms with E-state index in [1.807, 2.05) is 0 Å². The van der Waals surface area contributed by atoms with Gasteiger partial charge in [0.2, 0.25) is 0 Å². The van der Waals surface area contributed by atoms with Gasteiger partial charge in [-0.3, -0.25) is 0 Å². The number of benzene rings is 1. The van der Waals surface area contributed by atoms with Gasteiger partial charge in [0.25, 0.3) is 0 Å². The molecule has 0 bridgehead atoms. The van der Waals surface area contributed by atoms with Crippen molar-refractivity contribution in [2.45, 2.75) is 25.6 Å². The predicted octanol–water partition coefficient (Wildman–Crippen LogP) is 2.89. The third-order valence-electron chi connectivity index (χ3n) is 2.20. The minimum Gasteiger partial charge on any atom is -0.396 e. The van der Waals surface area contributed by atoms with Gasteiger partial charge in [-0.2, -0.15) is 13.2 Å². The zero-order valence-electron chi connectivity index (χ0n) is 8.88. The lowest BCUT2D eigenvalue weighted by Crippen LogP contribution is -2.19. The monoisotopic (exact) mass is 233 g/mol. The number of rotatable bonds is 4. The van der Waals surface area contributed by atoms with E-state index in [2.05, 4.69) is 5.32 Å². The zero-order chi connectivity index (χ0) is 12.2. The Morgan fingerprint density at radius 3 is 2.50 bits per heavy atom. The third kappa shape index (κ3) is 3.41.